The minimum atomic E-state index is -0.322. The molecule has 0 aliphatic rings. The van der Waals surface area contributed by atoms with Gasteiger partial charge >= 0.3 is 0 Å². The Balaban J connectivity index is 1.92. The largest absolute Gasteiger partial charge is 0.506 e. The molecule has 0 aliphatic heterocycles. The third-order valence-electron chi connectivity index (χ3n) is 3.59. The van der Waals surface area contributed by atoms with E-state index in [1.807, 2.05) is 0 Å². The molecule has 0 aliphatic carbocycles. The zero-order valence-corrected chi connectivity index (χ0v) is 13.7. The van der Waals surface area contributed by atoms with Crippen LogP contribution >= 0.6 is 0 Å². The maximum Gasteiger partial charge on any atom is 0.255 e. The fourth-order valence-electron chi connectivity index (χ4n) is 2.24. The van der Waals surface area contributed by atoms with Gasteiger partial charge in [-0.3, -0.25) is 9.59 Å². The van der Waals surface area contributed by atoms with Crippen molar-refractivity contribution >= 4 is 23.2 Å². The molecule has 2 rings (SSSR count). The predicted molar refractivity (Wildman–Crippen MR) is 95.3 cm³/mol. The number of hydrogen-bond acceptors (Lipinski definition) is 3. The number of unbranched alkanes of at least 4 members (excludes halogenated alkanes) is 2. The molecule has 0 aromatic heterocycles. The molecule has 0 saturated carbocycles. The molecule has 0 radical (unpaired) electrons. The number of nitrogens with one attached hydrogen (secondary N) is 2. The summed E-state index contributed by atoms with van der Waals surface area (Å²) in [5, 5.41) is 15.1. The Hall–Kier alpha value is -2.82. The molecule has 5 nitrogen and oxygen atoms in total. The van der Waals surface area contributed by atoms with Crippen molar-refractivity contribution in [1.82, 2.24) is 0 Å². The second-order valence-corrected chi connectivity index (χ2v) is 5.55. The van der Waals surface area contributed by atoms with Crippen LogP contribution in [0.1, 0.15) is 43.0 Å². The van der Waals surface area contributed by atoms with E-state index in [2.05, 4.69) is 17.6 Å². The number of anilines is 2. The van der Waals surface area contributed by atoms with Crippen LogP contribution in [0.5, 0.6) is 5.75 Å². The van der Waals surface area contributed by atoms with Gasteiger partial charge in [0.2, 0.25) is 5.91 Å². The third-order valence-corrected chi connectivity index (χ3v) is 3.59. The lowest BCUT2D eigenvalue weighted by molar-refractivity contribution is -0.116. The standard InChI is InChI=1S/C19H22N2O3/c1-2-3-4-9-18(23)20-15-12-10-14(11-13-15)19(24)21-16-7-5-6-8-17(16)22/h5-8,10-13,22H,2-4,9H2,1H3,(H,20,23)(H,21,24). The number of hydrogen-bond donors (Lipinski definition) is 3. The SMILES string of the molecule is CCCCCC(=O)Nc1ccc(C(=O)Nc2ccccc2O)cc1. The first-order valence-electron chi connectivity index (χ1n) is 8.09. The number of benzene rings is 2. The molecule has 0 heterocycles. The van der Waals surface area contributed by atoms with E-state index >= 15 is 0 Å². The van der Waals surface area contributed by atoms with Crippen LogP contribution in [0.4, 0.5) is 11.4 Å². The van der Waals surface area contributed by atoms with Gasteiger partial charge in [0.05, 0.1) is 5.69 Å². The van der Waals surface area contributed by atoms with Gasteiger partial charge in [0.25, 0.3) is 5.91 Å². The summed E-state index contributed by atoms with van der Waals surface area (Å²) in [4.78, 5) is 23.9. The highest BCUT2D eigenvalue weighted by Crippen LogP contribution is 2.22. The molecular formula is C19H22N2O3. The summed E-state index contributed by atoms with van der Waals surface area (Å²) in [5.41, 5.74) is 1.47. The molecule has 2 aromatic rings. The summed E-state index contributed by atoms with van der Waals surface area (Å²) in [7, 11) is 0. The monoisotopic (exact) mass is 326 g/mol. The normalized spacial score (nSPS) is 10.2. The second kappa shape index (κ2) is 8.72. The third kappa shape index (κ3) is 5.12. The van der Waals surface area contributed by atoms with Gasteiger partial charge in [-0.1, -0.05) is 31.9 Å². The number of aromatic hydroxyl groups is 1. The summed E-state index contributed by atoms with van der Waals surface area (Å²) < 4.78 is 0. The van der Waals surface area contributed by atoms with Crippen molar-refractivity contribution < 1.29 is 14.7 Å². The van der Waals surface area contributed by atoms with Crippen molar-refractivity contribution in [2.75, 3.05) is 10.6 Å². The van der Waals surface area contributed by atoms with E-state index in [4.69, 9.17) is 0 Å². The van der Waals surface area contributed by atoms with Crippen molar-refractivity contribution in [1.29, 1.82) is 0 Å². The van der Waals surface area contributed by atoms with Gasteiger partial charge in [0.1, 0.15) is 5.75 Å². The number of carbonyl (C=O) groups excluding carboxylic acids is 2. The van der Waals surface area contributed by atoms with Crippen LogP contribution in [-0.4, -0.2) is 16.9 Å². The Bertz CT molecular complexity index is 696. The van der Waals surface area contributed by atoms with Crippen LogP contribution in [0.3, 0.4) is 0 Å². The van der Waals surface area contributed by atoms with Crippen molar-refractivity contribution in [2.24, 2.45) is 0 Å². The number of carbonyl (C=O) groups is 2. The lowest BCUT2D eigenvalue weighted by Gasteiger charge is -2.08. The quantitative estimate of drug-likeness (QED) is 0.528. The molecule has 2 aromatic carbocycles. The molecule has 0 bridgehead atoms. The maximum absolute atomic E-state index is 12.2. The first-order valence-corrected chi connectivity index (χ1v) is 8.09. The molecule has 0 spiro atoms. The van der Waals surface area contributed by atoms with Gasteiger partial charge in [0, 0.05) is 17.7 Å². The molecule has 5 heteroatoms. The fraction of sp³-hybridized carbons (Fsp3) is 0.263. The van der Waals surface area contributed by atoms with E-state index in [-0.39, 0.29) is 17.6 Å². The molecule has 0 fully saturated rings. The Kier molecular flexibility index (Phi) is 6.37. The molecule has 24 heavy (non-hydrogen) atoms. The van der Waals surface area contributed by atoms with E-state index < -0.39 is 0 Å². The topological polar surface area (TPSA) is 78.4 Å². The summed E-state index contributed by atoms with van der Waals surface area (Å²) in [5.74, 6) is -0.325. The van der Waals surface area contributed by atoms with Crippen molar-refractivity contribution in [3.05, 3.63) is 54.1 Å². The first kappa shape index (κ1) is 17.5. The van der Waals surface area contributed by atoms with E-state index in [1.54, 1.807) is 42.5 Å². The highest BCUT2D eigenvalue weighted by molar-refractivity contribution is 6.05. The fourth-order valence-corrected chi connectivity index (χ4v) is 2.24. The minimum Gasteiger partial charge on any atom is -0.506 e. The van der Waals surface area contributed by atoms with Gasteiger partial charge in [-0.05, 0) is 42.8 Å². The Morgan fingerprint density at radius 2 is 1.67 bits per heavy atom. The van der Waals surface area contributed by atoms with Crippen LogP contribution in [0.25, 0.3) is 0 Å². The van der Waals surface area contributed by atoms with E-state index in [0.717, 1.165) is 19.3 Å². The Morgan fingerprint density at radius 1 is 0.958 bits per heavy atom. The van der Waals surface area contributed by atoms with Crippen LogP contribution < -0.4 is 10.6 Å². The highest BCUT2D eigenvalue weighted by Gasteiger charge is 2.09. The van der Waals surface area contributed by atoms with Crippen LogP contribution in [0.15, 0.2) is 48.5 Å². The summed E-state index contributed by atoms with van der Waals surface area (Å²) in [6.45, 7) is 2.09. The Labute approximate surface area is 141 Å². The number of para-hydroxylation sites is 2. The number of amides is 2. The summed E-state index contributed by atoms with van der Waals surface area (Å²) in [6.07, 6.45) is 3.50. The second-order valence-electron chi connectivity index (χ2n) is 5.55. The average Bonchev–Trinajstić information content (AvgIpc) is 2.58. The first-order chi connectivity index (χ1) is 11.6. The maximum atomic E-state index is 12.2. The smallest absolute Gasteiger partial charge is 0.255 e. The van der Waals surface area contributed by atoms with E-state index in [0.29, 0.717) is 23.4 Å². The summed E-state index contributed by atoms with van der Waals surface area (Å²) >= 11 is 0. The molecule has 3 N–H and O–H groups in total. The zero-order valence-electron chi connectivity index (χ0n) is 13.7. The molecular weight excluding hydrogens is 304 g/mol. The minimum absolute atomic E-state index is 0.0156. The highest BCUT2D eigenvalue weighted by atomic mass is 16.3. The molecule has 0 atom stereocenters. The van der Waals surface area contributed by atoms with Crippen LogP contribution in [0.2, 0.25) is 0 Å². The van der Waals surface area contributed by atoms with E-state index in [9.17, 15) is 14.7 Å². The Morgan fingerprint density at radius 3 is 2.33 bits per heavy atom. The van der Waals surface area contributed by atoms with Crippen molar-refractivity contribution in [2.45, 2.75) is 32.6 Å². The van der Waals surface area contributed by atoms with Gasteiger partial charge < -0.3 is 15.7 Å². The van der Waals surface area contributed by atoms with Gasteiger partial charge in [-0.15, -0.1) is 0 Å². The number of phenols is 1. The summed E-state index contributed by atoms with van der Waals surface area (Å²) in [6, 6.07) is 13.2. The number of rotatable bonds is 7. The van der Waals surface area contributed by atoms with Crippen molar-refractivity contribution in [3.63, 3.8) is 0 Å². The number of phenolic OH excluding ortho intramolecular Hbond substituents is 1. The average molecular weight is 326 g/mol. The molecule has 0 unspecified atom stereocenters. The van der Waals surface area contributed by atoms with Crippen LogP contribution in [0, 0.1) is 0 Å². The molecule has 126 valence electrons. The van der Waals surface area contributed by atoms with Gasteiger partial charge in [-0.2, -0.15) is 0 Å². The lowest BCUT2D eigenvalue weighted by atomic mass is 10.1. The van der Waals surface area contributed by atoms with E-state index in [1.165, 1.54) is 6.07 Å². The lowest BCUT2D eigenvalue weighted by Crippen LogP contribution is -2.13. The molecule has 0 saturated heterocycles. The van der Waals surface area contributed by atoms with Gasteiger partial charge in [-0.25, -0.2) is 0 Å². The van der Waals surface area contributed by atoms with Crippen LogP contribution in [-0.2, 0) is 4.79 Å². The van der Waals surface area contributed by atoms with Gasteiger partial charge in [0.15, 0.2) is 0 Å². The molecule has 2 amide bonds. The zero-order chi connectivity index (χ0) is 17.4. The predicted octanol–water partition coefficient (Wildman–Crippen LogP) is 4.16. The van der Waals surface area contributed by atoms with Crippen molar-refractivity contribution in [3.8, 4) is 5.75 Å².